The predicted molar refractivity (Wildman–Crippen MR) is 77.7 cm³/mol. The molecule has 0 heterocycles. The molecule has 0 heteroatoms. The van der Waals surface area contributed by atoms with Crippen molar-refractivity contribution in [3.05, 3.63) is 77.4 Å². The average Bonchev–Trinajstić information content (AvgIpc) is 2.82. The van der Waals surface area contributed by atoms with Gasteiger partial charge < -0.3 is 0 Å². The van der Waals surface area contributed by atoms with E-state index in [1.165, 1.54) is 40.7 Å². The molecule has 3 rings (SSSR count). The molecule has 1 atom stereocenters. The molecule has 90 valence electrons. The molecule has 0 aromatic heterocycles. The molecule has 0 spiro atoms. The minimum Gasteiger partial charge on any atom is -0.0946 e. The van der Waals surface area contributed by atoms with Gasteiger partial charge in [-0.25, -0.2) is 0 Å². The van der Waals surface area contributed by atoms with E-state index >= 15 is 0 Å². The van der Waals surface area contributed by atoms with E-state index in [4.69, 9.17) is 0 Å². The topological polar surface area (TPSA) is 0 Å². The number of benzene rings is 2. The highest BCUT2D eigenvalue weighted by molar-refractivity contribution is 5.71. The summed E-state index contributed by atoms with van der Waals surface area (Å²) in [6.45, 7) is 6.49. The van der Waals surface area contributed by atoms with Gasteiger partial charge in [0.15, 0.2) is 0 Å². The third-order valence-corrected chi connectivity index (χ3v) is 3.94. The Morgan fingerprint density at radius 3 is 2.78 bits per heavy atom. The van der Waals surface area contributed by atoms with Crippen LogP contribution in [0.3, 0.4) is 0 Å². The molecule has 1 aliphatic carbocycles. The van der Waals surface area contributed by atoms with Gasteiger partial charge in [0, 0.05) is 5.92 Å². The summed E-state index contributed by atoms with van der Waals surface area (Å²) in [4.78, 5) is 0. The smallest absolute Gasteiger partial charge is 0.00952 e. The van der Waals surface area contributed by atoms with E-state index in [0.29, 0.717) is 5.92 Å². The van der Waals surface area contributed by atoms with Crippen LogP contribution in [0.25, 0.3) is 5.57 Å². The lowest BCUT2D eigenvalue weighted by molar-refractivity contribution is 0.831. The van der Waals surface area contributed by atoms with Crippen LogP contribution in [0.15, 0.2) is 55.1 Å². The highest BCUT2D eigenvalue weighted by Gasteiger charge is 2.24. The Morgan fingerprint density at radius 2 is 1.94 bits per heavy atom. The van der Waals surface area contributed by atoms with Crippen molar-refractivity contribution in [1.29, 1.82) is 0 Å². The lowest BCUT2D eigenvalue weighted by Gasteiger charge is -2.16. The fourth-order valence-corrected chi connectivity index (χ4v) is 2.97. The average molecular weight is 234 g/mol. The van der Waals surface area contributed by atoms with Crippen LogP contribution in [0.5, 0.6) is 0 Å². The SMILES string of the molecule is C=C(c1cccc(C)c1)C1CCc2ccccc21. The van der Waals surface area contributed by atoms with E-state index in [9.17, 15) is 0 Å². The molecule has 1 unspecified atom stereocenters. The predicted octanol–water partition coefficient (Wildman–Crippen LogP) is 4.74. The Kier molecular flexibility index (Phi) is 2.79. The second kappa shape index (κ2) is 4.45. The van der Waals surface area contributed by atoms with Gasteiger partial charge in [-0.3, -0.25) is 0 Å². The molecule has 0 saturated heterocycles. The van der Waals surface area contributed by atoms with E-state index in [1.807, 2.05) is 0 Å². The summed E-state index contributed by atoms with van der Waals surface area (Å²) in [5, 5.41) is 0. The maximum Gasteiger partial charge on any atom is 0.00952 e. The number of allylic oxidation sites excluding steroid dienone is 1. The molecule has 2 aromatic rings. The first kappa shape index (κ1) is 11.3. The number of rotatable bonds is 2. The fourth-order valence-electron chi connectivity index (χ4n) is 2.97. The normalized spacial score (nSPS) is 17.5. The first-order valence-corrected chi connectivity index (χ1v) is 6.59. The number of aryl methyl sites for hydroxylation is 2. The Balaban J connectivity index is 1.96. The van der Waals surface area contributed by atoms with Gasteiger partial charge in [0.25, 0.3) is 0 Å². The first-order valence-electron chi connectivity index (χ1n) is 6.59. The van der Waals surface area contributed by atoms with Gasteiger partial charge in [-0.15, -0.1) is 0 Å². The number of hydrogen-bond donors (Lipinski definition) is 0. The van der Waals surface area contributed by atoms with Crippen LogP contribution in [0.2, 0.25) is 0 Å². The minimum absolute atomic E-state index is 0.503. The van der Waals surface area contributed by atoms with Gasteiger partial charge in [-0.05, 0) is 42.0 Å². The van der Waals surface area contributed by atoms with Crippen LogP contribution >= 0.6 is 0 Å². The zero-order valence-electron chi connectivity index (χ0n) is 10.8. The van der Waals surface area contributed by atoms with Gasteiger partial charge >= 0.3 is 0 Å². The van der Waals surface area contributed by atoms with Crippen LogP contribution in [0, 0.1) is 6.92 Å². The van der Waals surface area contributed by atoms with Crippen LogP contribution in [0.1, 0.15) is 34.6 Å². The Morgan fingerprint density at radius 1 is 1.11 bits per heavy atom. The number of fused-ring (bicyclic) bond motifs is 1. The van der Waals surface area contributed by atoms with Crippen molar-refractivity contribution in [2.45, 2.75) is 25.7 Å². The van der Waals surface area contributed by atoms with E-state index < -0.39 is 0 Å². The third kappa shape index (κ3) is 1.88. The van der Waals surface area contributed by atoms with Gasteiger partial charge in [0.2, 0.25) is 0 Å². The first-order chi connectivity index (χ1) is 8.75. The lowest BCUT2D eigenvalue weighted by atomic mass is 9.88. The minimum atomic E-state index is 0.503. The molecule has 0 radical (unpaired) electrons. The van der Waals surface area contributed by atoms with Crippen molar-refractivity contribution in [3.8, 4) is 0 Å². The highest BCUT2D eigenvalue weighted by atomic mass is 14.3. The summed E-state index contributed by atoms with van der Waals surface area (Å²) in [7, 11) is 0. The summed E-state index contributed by atoms with van der Waals surface area (Å²) < 4.78 is 0. The summed E-state index contributed by atoms with van der Waals surface area (Å²) in [6, 6.07) is 17.5. The molecule has 0 amide bonds. The summed E-state index contributed by atoms with van der Waals surface area (Å²) in [5.74, 6) is 0.503. The van der Waals surface area contributed by atoms with Crippen molar-refractivity contribution in [3.63, 3.8) is 0 Å². The van der Waals surface area contributed by atoms with Gasteiger partial charge in [0.05, 0.1) is 0 Å². The molecule has 0 bridgehead atoms. The van der Waals surface area contributed by atoms with E-state index in [2.05, 4.69) is 62.0 Å². The monoisotopic (exact) mass is 234 g/mol. The molecule has 2 aromatic carbocycles. The van der Waals surface area contributed by atoms with Crippen molar-refractivity contribution in [1.82, 2.24) is 0 Å². The highest BCUT2D eigenvalue weighted by Crippen LogP contribution is 2.41. The fraction of sp³-hybridized carbons (Fsp3) is 0.222. The second-order valence-electron chi connectivity index (χ2n) is 5.18. The molecule has 18 heavy (non-hydrogen) atoms. The maximum absolute atomic E-state index is 4.35. The quantitative estimate of drug-likeness (QED) is 0.704. The third-order valence-electron chi connectivity index (χ3n) is 3.94. The van der Waals surface area contributed by atoms with Crippen LogP contribution in [-0.4, -0.2) is 0 Å². The van der Waals surface area contributed by atoms with Gasteiger partial charge in [-0.1, -0.05) is 60.7 Å². The lowest BCUT2D eigenvalue weighted by Crippen LogP contribution is -1.97. The molecule has 0 nitrogen and oxygen atoms in total. The van der Waals surface area contributed by atoms with Gasteiger partial charge in [-0.2, -0.15) is 0 Å². The maximum atomic E-state index is 4.35. The van der Waals surface area contributed by atoms with Gasteiger partial charge in [0.1, 0.15) is 0 Å². The summed E-state index contributed by atoms with van der Waals surface area (Å²) in [6.07, 6.45) is 2.39. The summed E-state index contributed by atoms with van der Waals surface area (Å²) in [5.41, 5.74) is 6.83. The van der Waals surface area contributed by atoms with Crippen molar-refractivity contribution >= 4 is 5.57 Å². The zero-order chi connectivity index (χ0) is 12.5. The van der Waals surface area contributed by atoms with Crippen LogP contribution in [-0.2, 0) is 6.42 Å². The Labute approximate surface area is 109 Å². The second-order valence-corrected chi connectivity index (χ2v) is 5.18. The van der Waals surface area contributed by atoms with Crippen molar-refractivity contribution in [2.75, 3.05) is 0 Å². The van der Waals surface area contributed by atoms with E-state index in [0.717, 1.165) is 0 Å². The van der Waals surface area contributed by atoms with Crippen LogP contribution < -0.4 is 0 Å². The molecular formula is C18H18. The van der Waals surface area contributed by atoms with Crippen molar-refractivity contribution < 1.29 is 0 Å². The summed E-state index contributed by atoms with van der Waals surface area (Å²) >= 11 is 0. The Hall–Kier alpha value is -1.82. The molecule has 1 aliphatic rings. The molecule has 0 aliphatic heterocycles. The van der Waals surface area contributed by atoms with Crippen molar-refractivity contribution in [2.24, 2.45) is 0 Å². The molecular weight excluding hydrogens is 216 g/mol. The van der Waals surface area contributed by atoms with Crippen LogP contribution in [0.4, 0.5) is 0 Å². The molecule has 0 N–H and O–H groups in total. The standard InChI is InChI=1S/C18H18/c1-13-6-5-8-16(12-13)14(2)17-11-10-15-7-3-4-9-18(15)17/h3-9,12,17H,2,10-11H2,1H3. The zero-order valence-corrected chi connectivity index (χ0v) is 10.8. The van der Waals surface area contributed by atoms with E-state index in [-0.39, 0.29) is 0 Å². The largest absolute Gasteiger partial charge is 0.0946 e. The molecule has 0 saturated carbocycles. The van der Waals surface area contributed by atoms with E-state index in [1.54, 1.807) is 0 Å². The Bertz CT molecular complexity index is 592. The molecule has 0 fully saturated rings. The number of hydrogen-bond acceptors (Lipinski definition) is 0.